The van der Waals surface area contributed by atoms with Gasteiger partial charge in [0.05, 0.1) is 4.99 Å². The zero-order valence-corrected chi connectivity index (χ0v) is 12.7. The molecule has 0 spiro atoms. The Hall–Kier alpha value is -0.930. The Morgan fingerprint density at radius 2 is 1.78 bits per heavy atom. The quantitative estimate of drug-likeness (QED) is 0.829. The second-order valence-electron chi connectivity index (χ2n) is 5.90. The van der Waals surface area contributed by atoms with E-state index in [1.165, 1.54) is 11.1 Å². The van der Waals surface area contributed by atoms with E-state index in [-0.39, 0.29) is 5.41 Å². The highest BCUT2D eigenvalue weighted by Crippen LogP contribution is 2.22. The average Bonchev–Trinajstić information content (AvgIpc) is 2.26. The van der Waals surface area contributed by atoms with Gasteiger partial charge in [-0.1, -0.05) is 57.3 Å². The molecule has 0 aliphatic carbocycles. The molecule has 2 nitrogen and oxygen atoms in total. The number of hydrogen-bond acceptors (Lipinski definition) is 2. The highest BCUT2D eigenvalue weighted by molar-refractivity contribution is 7.80. The molecule has 1 rings (SSSR count). The third kappa shape index (κ3) is 5.15. The normalized spacial score (nSPS) is 11.8. The Morgan fingerprint density at radius 1 is 1.22 bits per heavy atom. The van der Waals surface area contributed by atoms with Crippen molar-refractivity contribution in [3.8, 4) is 0 Å². The van der Waals surface area contributed by atoms with Crippen LogP contribution in [0.2, 0.25) is 0 Å². The van der Waals surface area contributed by atoms with Gasteiger partial charge in [-0.3, -0.25) is 0 Å². The van der Waals surface area contributed by atoms with E-state index in [0.29, 0.717) is 4.99 Å². The lowest BCUT2D eigenvalue weighted by Crippen LogP contribution is -2.23. The summed E-state index contributed by atoms with van der Waals surface area (Å²) in [4.78, 5) is 2.83. The van der Waals surface area contributed by atoms with Gasteiger partial charge in [-0.05, 0) is 23.6 Å². The van der Waals surface area contributed by atoms with Crippen LogP contribution in [0.4, 0.5) is 0 Å². The van der Waals surface area contributed by atoms with Crippen LogP contribution in [0.25, 0.3) is 0 Å². The molecule has 0 heterocycles. The Bertz CT molecular complexity index is 390. The average molecular weight is 264 g/mol. The highest BCUT2D eigenvalue weighted by atomic mass is 32.1. The molecule has 0 atom stereocenters. The van der Waals surface area contributed by atoms with Crippen LogP contribution in [0.3, 0.4) is 0 Å². The van der Waals surface area contributed by atoms with Crippen LogP contribution in [-0.4, -0.2) is 23.5 Å². The molecule has 100 valence electrons. The summed E-state index contributed by atoms with van der Waals surface area (Å²) >= 11 is 4.89. The molecule has 0 saturated carbocycles. The molecule has 0 bridgehead atoms. The van der Waals surface area contributed by atoms with E-state index in [1.54, 1.807) is 0 Å². The van der Waals surface area contributed by atoms with E-state index in [0.717, 1.165) is 19.5 Å². The van der Waals surface area contributed by atoms with Gasteiger partial charge in [0.1, 0.15) is 0 Å². The molecule has 1 aromatic carbocycles. The Morgan fingerprint density at radius 3 is 2.22 bits per heavy atom. The van der Waals surface area contributed by atoms with Crippen LogP contribution in [-0.2, 0) is 12.0 Å². The molecule has 3 heteroatoms. The number of rotatable bonds is 5. The first kappa shape index (κ1) is 15.1. The van der Waals surface area contributed by atoms with Crippen LogP contribution < -0.4 is 5.73 Å². The lowest BCUT2D eigenvalue weighted by Gasteiger charge is -2.20. The summed E-state index contributed by atoms with van der Waals surface area (Å²) in [6.07, 6.45) is 0.784. The molecule has 1 aromatic rings. The van der Waals surface area contributed by atoms with Crippen molar-refractivity contribution in [1.29, 1.82) is 0 Å². The Balaban J connectivity index is 2.56. The summed E-state index contributed by atoms with van der Waals surface area (Å²) in [6, 6.07) is 8.85. The topological polar surface area (TPSA) is 29.3 Å². The van der Waals surface area contributed by atoms with Crippen molar-refractivity contribution in [2.24, 2.45) is 5.73 Å². The molecule has 0 aromatic heterocycles. The molecule has 0 fully saturated rings. The minimum Gasteiger partial charge on any atom is -0.393 e. The van der Waals surface area contributed by atoms with E-state index in [9.17, 15) is 0 Å². The van der Waals surface area contributed by atoms with Gasteiger partial charge >= 0.3 is 0 Å². The van der Waals surface area contributed by atoms with Crippen molar-refractivity contribution in [2.75, 3.05) is 13.6 Å². The Labute approximate surface area is 116 Å². The van der Waals surface area contributed by atoms with Gasteiger partial charge < -0.3 is 10.6 Å². The van der Waals surface area contributed by atoms with Crippen molar-refractivity contribution in [3.05, 3.63) is 35.4 Å². The second kappa shape index (κ2) is 6.30. The number of thiocarbonyl (C=S) groups is 1. The van der Waals surface area contributed by atoms with Gasteiger partial charge in [0.15, 0.2) is 0 Å². The molecule has 0 aliphatic rings. The minimum absolute atomic E-state index is 0.218. The van der Waals surface area contributed by atoms with E-state index in [2.05, 4.69) is 57.0 Å². The number of nitrogens with two attached hydrogens (primary N) is 1. The molecule has 18 heavy (non-hydrogen) atoms. The first-order chi connectivity index (χ1) is 8.29. The Kier molecular flexibility index (Phi) is 5.29. The zero-order chi connectivity index (χ0) is 13.8. The van der Waals surface area contributed by atoms with Gasteiger partial charge in [-0.15, -0.1) is 0 Å². The summed E-state index contributed by atoms with van der Waals surface area (Å²) < 4.78 is 0. The van der Waals surface area contributed by atoms with E-state index < -0.39 is 0 Å². The van der Waals surface area contributed by atoms with Gasteiger partial charge in [0.2, 0.25) is 0 Å². The summed E-state index contributed by atoms with van der Waals surface area (Å²) in [5.41, 5.74) is 8.42. The smallest absolute Gasteiger partial charge is 0.0740 e. The summed E-state index contributed by atoms with van der Waals surface area (Å²) in [5.74, 6) is 0. The molecule has 2 N–H and O–H groups in total. The van der Waals surface area contributed by atoms with Crippen LogP contribution in [0.15, 0.2) is 24.3 Å². The summed E-state index contributed by atoms with van der Waals surface area (Å²) in [6.45, 7) is 8.55. The van der Waals surface area contributed by atoms with Crippen LogP contribution in [0.1, 0.15) is 38.3 Å². The fourth-order valence-corrected chi connectivity index (χ4v) is 1.89. The fraction of sp³-hybridized carbons (Fsp3) is 0.533. The summed E-state index contributed by atoms with van der Waals surface area (Å²) in [5, 5.41) is 0. The minimum atomic E-state index is 0.218. The molecule has 0 aliphatic heterocycles. The largest absolute Gasteiger partial charge is 0.393 e. The van der Waals surface area contributed by atoms with Crippen molar-refractivity contribution in [3.63, 3.8) is 0 Å². The molecule has 0 saturated heterocycles. The third-order valence-electron chi connectivity index (χ3n) is 3.01. The monoisotopic (exact) mass is 264 g/mol. The standard InChI is InChI=1S/C15H24N2S/c1-15(2,3)13-7-5-12(6-8-13)11-17(4)10-9-14(16)18/h5-8H,9-11H2,1-4H3,(H2,16,18). The van der Waals surface area contributed by atoms with Crippen LogP contribution >= 0.6 is 12.2 Å². The van der Waals surface area contributed by atoms with Gasteiger partial charge in [0, 0.05) is 19.5 Å². The van der Waals surface area contributed by atoms with E-state index in [4.69, 9.17) is 18.0 Å². The fourth-order valence-electron chi connectivity index (χ4n) is 1.80. The van der Waals surface area contributed by atoms with Crippen LogP contribution in [0.5, 0.6) is 0 Å². The van der Waals surface area contributed by atoms with Crippen molar-refractivity contribution >= 4 is 17.2 Å². The first-order valence-corrected chi connectivity index (χ1v) is 6.76. The van der Waals surface area contributed by atoms with Gasteiger partial charge in [0.25, 0.3) is 0 Å². The lowest BCUT2D eigenvalue weighted by molar-refractivity contribution is 0.337. The van der Waals surface area contributed by atoms with Gasteiger partial charge in [-0.2, -0.15) is 0 Å². The summed E-state index contributed by atoms with van der Waals surface area (Å²) in [7, 11) is 2.09. The van der Waals surface area contributed by atoms with Crippen molar-refractivity contribution in [1.82, 2.24) is 4.90 Å². The predicted octanol–water partition coefficient (Wildman–Crippen LogP) is 3.09. The zero-order valence-electron chi connectivity index (χ0n) is 11.9. The first-order valence-electron chi connectivity index (χ1n) is 6.35. The van der Waals surface area contributed by atoms with E-state index in [1.807, 2.05) is 0 Å². The highest BCUT2D eigenvalue weighted by Gasteiger charge is 2.12. The molecule has 0 amide bonds. The maximum atomic E-state index is 5.51. The molecular formula is C15H24N2S. The molecular weight excluding hydrogens is 240 g/mol. The number of nitrogens with zero attached hydrogens (tertiary/aromatic N) is 1. The van der Waals surface area contributed by atoms with Gasteiger partial charge in [-0.25, -0.2) is 0 Å². The number of benzene rings is 1. The molecule has 0 unspecified atom stereocenters. The second-order valence-corrected chi connectivity index (χ2v) is 6.43. The third-order valence-corrected chi connectivity index (χ3v) is 3.22. The maximum Gasteiger partial charge on any atom is 0.0740 e. The van der Waals surface area contributed by atoms with E-state index >= 15 is 0 Å². The lowest BCUT2D eigenvalue weighted by atomic mass is 9.87. The van der Waals surface area contributed by atoms with Crippen molar-refractivity contribution in [2.45, 2.75) is 39.2 Å². The molecule has 0 radical (unpaired) electrons. The SMILES string of the molecule is CN(CCC(N)=S)Cc1ccc(C(C)(C)C)cc1. The van der Waals surface area contributed by atoms with Crippen LogP contribution in [0, 0.1) is 0 Å². The maximum absolute atomic E-state index is 5.51. The van der Waals surface area contributed by atoms with Crippen molar-refractivity contribution < 1.29 is 0 Å². The number of hydrogen-bond donors (Lipinski definition) is 1. The predicted molar refractivity (Wildman–Crippen MR) is 82.9 cm³/mol.